The lowest BCUT2D eigenvalue weighted by molar-refractivity contribution is 0.0192. The van der Waals surface area contributed by atoms with E-state index in [0.717, 1.165) is 11.1 Å². The number of ether oxygens (including phenoxy) is 4. The zero-order valence-electron chi connectivity index (χ0n) is 20.7. The van der Waals surface area contributed by atoms with Gasteiger partial charge in [-0.05, 0) is 47.0 Å². The number of Topliss-reactive ketones (excluding diaryl/α,β-unsaturated/α-hetero) is 1. The van der Waals surface area contributed by atoms with Crippen LogP contribution in [0.3, 0.4) is 0 Å². The third kappa shape index (κ3) is 4.64. The van der Waals surface area contributed by atoms with E-state index in [1.165, 1.54) is 32.4 Å². The minimum atomic E-state index is -0.775. The molecule has 0 spiro atoms. The number of ketones is 1. The molecule has 194 valence electrons. The largest absolute Gasteiger partial charge is 0.504 e. The Morgan fingerprint density at radius 1 is 0.865 bits per heavy atom. The lowest BCUT2D eigenvalue weighted by Crippen LogP contribution is -2.18. The highest BCUT2D eigenvalue weighted by molar-refractivity contribution is 6.01. The van der Waals surface area contributed by atoms with Crippen molar-refractivity contribution in [3.05, 3.63) is 82.9 Å². The summed E-state index contributed by atoms with van der Waals surface area (Å²) in [5.41, 5.74) is 2.87. The summed E-state index contributed by atoms with van der Waals surface area (Å²) in [6, 6.07) is 17.2. The van der Waals surface area contributed by atoms with Gasteiger partial charge in [0.15, 0.2) is 28.8 Å². The quantitative estimate of drug-likeness (QED) is 0.391. The van der Waals surface area contributed by atoms with Gasteiger partial charge in [-0.2, -0.15) is 0 Å². The molecule has 0 radical (unpaired) electrons. The van der Waals surface area contributed by atoms with Gasteiger partial charge in [-0.15, -0.1) is 0 Å². The second-order valence-electron chi connectivity index (χ2n) is 9.42. The van der Waals surface area contributed by atoms with Gasteiger partial charge in [-0.25, -0.2) is 0 Å². The lowest BCUT2D eigenvalue weighted by Gasteiger charge is -2.20. The minimum Gasteiger partial charge on any atom is -0.504 e. The van der Waals surface area contributed by atoms with Crippen LogP contribution in [0.25, 0.3) is 0 Å². The summed E-state index contributed by atoms with van der Waals surface area (Å²) in [5.74, 6) is -0.180. The molecule has 5 rings (SSSR count). The summed E-state index contributed by atoms with van der Waals surface area (Å²) in [7, 11) is 2.93. The molecule has 2 heterocycles. The van der Waals surface area contributed by atoms with Crippen molar-refractivity contribution in [1.29, 1.82) is 0 Å². The van der Waals surface area contributed by atoms with E-state index in [1.54, 1.807) is 12.1 Å². The van der Waals surface area contributed by atoms with Gasteiger partial charge < -0.3 is 34.3 Å². The van der Waals surface area contributed by atoms with E-state index in [-0.39, 0.29) is 53.7 Å². The molecule has 2 fully saturated rings. The number of hydrogen-bond acceptors (Lipinski definition) is 8. The van der Waals surface area contributed by atoms with Gasteiger partial charge in [0.05, 0.1) is 52.2 Å². The Hall–Kier alpha value is -3.59. The molecule has 0 aliphatic carbocycles. The maximum Gasteiger partial charge on any atom is 0.172 e. The number of methoxy groups -OCH3 is 2. The number of fused-ring (bicyclic) bond motifs is 1. The van der Waals surface area contributed by atoms with Gasteiger partial charge in [0.2, 0.25) is 0 Å². The van der Waals surface area contributed by atoms with Crippen molar-refractivity contribution in [2.45, 2.75) is 18.1 Å². The zero-order valence-corrected chi connectivity index (χ0v) is 20.7. The van der Waals surface area contributed by atoms with Crippen molar-refractivity contribution >= 4 is 5.78 Å². The van der Waals surface area contributed by atoms with Crippen molar-refractivity contribution in [2.24, 2.45) is 11.8 Å². The van der Waals surface area contributed by atoms with Crippen LogP contribution < -0.4 is 9.47 Å². The molecule has 0 amide bonds. The Labute approximate surface area is 215 Å². The first-order valence-corrected chi connectivity index (χ1v) is 12.2. The van der Waals surface area contributed by atoms with E-state index >= 15 is 0 Å². The van der Waals surface area contributed by atoms with Crippen LogP contribution in [-0.2, 0) is 9.47 Å². The van der Waals surface area contributed by atoms with Crippen LogP contribution in [0.1, 0.15) is 45.2 Å². The molecule has 2 aliphatic heterocycles. The third-order valence-electron chi connectivity index (χ3n) is 7.40. The predicted octanol–water partition coefficient (Wildman–Crippen LogP) is 4.15. The molecule has 8 heteroatoms. The fraction of sp³-hybridized carbons (Fsp3) is 0.345. The maximum atomic E-state index is 13.3. The van der Waals surface area contributed by atoms with Crippen LogP contribution in [0.5, 0.6) is 23.0 Å². The summed E-state index contributed by atoms with van der Waals surface area (Å²) in [4.78, 5) is 13.3. The highest BCUT2D eigenvalue weighted by atomic mass is 16.5. The number of aliphatic hydroxyl groups is 1. The molecular formula is C29H30O8. The molecule has 0 bridgehead atoms. The zero-order chi connectivity index (χ0) is 26.1. The fourth-order valence-corrected chi connectivity index (χ4v) is 5.43. The molecule has 2 aliphatic rings. The van der Waals surface area contributed by atoms with E-state index in [9.17, 15) is 20.1 Å². The van der Waals surface area contributed by atoms with E-state index in [2.05, 4.69) is 0 Å². The number of aliphatic hydroxyl groups excluding tert-OH is 1. The molecule has 5 atom stereocenters. The monoisotopic (exact) mass is 506 g/mol. The molecule has 8 nitrogen and oxygen atoms in total. The molecule has 0 saturated carbocycles. The van der Waals surface area contributed by atoms with Crippen molar-refractivity contribution in [1.82, 2.24) is 0 Å². The third-order valence-corrected chi connectivity index (χ3v) is 7.40. The van der Waals surface area contributed by atoms with Gasteiger partial charge in [-0.3, -0.25) is 4.79 Å². The first kappa shape index (κ1) is 25.1. The van der Waals surface area contributed by atoms with Crippen molar-refractivity contribution < 1.29 is 39.1 Å². The van der Waals surface area contributed by atoms with E-state index < -0.39 is 5.92 Å². The number of carbonyl (C=O) groups excluding carboxylic acids is 1. The number of phenols is 2. The van der Waals surface area contributed by atoms with Crippen LogP contribution in [0, 0.1) is 11.8 Å². The summed E-state index contributed by atoms with van der Waals surface area (Å²) in [5, 5.41) is 30.0. The van der Waals surface area contributed by atoms with Gasteiger partial charge in [0.25, 0.3) is 0 Å². The number of phenolic OH excluding ortho intramolecular Hbond substituents is 2. The van der Waals surface area contributed by atoms with Crippen LogP contribution in [0.4, 0.5) is 0 Å². The Kier molecular flexibility index (Phi) is 7.06. The average molecular weight is 507 g/mol. The van der Waals surface area contributed by atoms with Crippen molar-refractivity contribution in [3.8, 4) is 23.0 Å². The Morgan fingerprint density at radius 3 is 2.08 bits per heavy atom. The fourth-order valence-electron chi connectivity index (χ4n) is 5.43. The SMILES string of the molecule is COc1cc(C(=O)C(CO)c2cccc([C@H]3OC[C@H]4[C@@H]3CO[C@@H]4c3ccc(O)c(OC)c3)c2)ccc1O. The highest BCUT2D eigenvalue weighted by Crippen LogP contribution is 2.51. The summed E-state index contributed by atoms with van der Waals surface area (Å²) >= 11 is 0. The minimum absolute atomic E-state index is 0.0580. The topological polar surface area (TPSA) is 115 Å². The molecule has 1 unspecified atom stereocenters. The van der Waals surface area contributed by atoms with Gasteiger partial charge >= 0.3 is 0 Å². The van der Waals surface area contributed by atoms with E-state index in [0.29, 0.717) is 30.1 Å². The first-order chi connectivity index (χ1) is 17.9. The average Bonchev–Trinajstić information content (AvgIpc) is 3.52. The second-order valence-corrected chi connectivity index (χ2v) is 9.42. The number of rotatable bonds is 8. The molecule has 3 N–H and O–H groups in total. The molecule has 37 heavy (non-hydrogen) atoms. The molecule has 3 aromatic rings. The Balaban J connectivity index is 1.37. The number of hydrogen-bond donors (Lipinski definition) is 3. The van der Waals surface area contributed by atoms with Crippen LogP contribution in [-0.4, -0.2) is 55.1 Å². The smallest absolute Gasteiger partial charge is 0.172 e. The maximum absolute atomic E-state index is 13.3. The van der Waals surface area contributed by atoms with Crippen LogP contribution in [0.15, 0.2) is 60.7 Å². The molecule has 3 aromatic carbocycles. The summed E-state index contributed by atoms with van der Waals surface area (Å²) in [6.45, 7) is 0.670. The van der Waals surface area contributed by atoms with Crippen molar-refractivity contribution in [2.75, 3.05) is 34.0 Å². The predicted molar refractivity (Wildman–Crippen MR) is 134 cm³/mol. The number of carbonyl (C=O) groups is 1. The van der Waals surface area contributed by atoms with Gasteiger partial charge in [0.1, 0.15) is 0 Å². The molecule has 2 saturated heterocycles. The Morgan fingerprint density at radius 2 is 1.46 bits per heavy atom. The van der Waals surface area contributed by atoms with E-state index in [1.807, 2.05) is 30.3 Å². The number of benzene rings is 3. The Bertz CT molecular complexity index is 1290. The van der Waals surface area contributed by atoms with Crippen LogP contribution in [0.2, 0.25) is 0 Å². The van der Waals surface area contributed by atoms with Crippen LogP contribution >= 0.6 is 0 Å². The summed E-state index contributed by atoms with van der Waals surface area (Å²) < 4.78 is 22.8. The molecular weight excluding hydrogens is 476 g/mol. The number of aromatic hydroxyl groups is 2. The summed E-state index contributed by atoms with van der Waals surface area (Å²) in [6.07, 6.45) is -0.388. The lowest BCUT2D eigenvalue weighted by atomic mass is 9.83. The van der Waals surface area contributed by atoms with Gasteiger partial charge in [-0.1, -0.05) is 30.3 Å². The van der Waals surface area contributed by atoms with Gasteiger partial charge in [0, 0.05) is 17.4 Å². The first-order valence-electron chi connectivity index (χ1n) is 12.2. The normalized spacial score (nSPS) is 23.4. The standard InChI is InChI=1S/C29H30O8/c1-34-25-11-17(6-8-23(25)31)27(33)20(13-30)16-4-3-5-18(10-16)28-21-14-37-29(22(21)15-36-28)19-7-9-24(32)26(12-19)35-2/h3-12,20-22,28-32H,13-15H2,1-2H3/t20?,21-,22-,28+,29+/m0/s1. The second kappa shape index (κ2) is 10.4. The molecule has 0 aromatic heterocycles. The highest BCUT2D eigenvalue weighted by Gasteiger charge is 2.48. The van der Waals surface area contributed by atoms with E-state index in [4.69, 9.17) is 18.9 Å². The van der Waals surface area contributed by atoms with Crippen molar-refractivity contribution in [3.63, 3.8) is 0 Å².